The van der Waals surface area contributed by atoms with E-state index in [0.29, 0.717) is 5.82 Å². The minimum absolute atomic E-state index is 0.114. The Kier molecular flexibility index (Phi) is 7.62. The first-order chi connectivity index (χ1) is 31.0. The van der Waals surface area contributed by atoms with Crippen LogP contribution in [0.1, 0.15) is 25.0 Å². The van der Waals surface area contributed by atoms with Crippen LogP contribution in [0.15, 0.2) is 206 Å². The Hall–Kier alpha value is -8.08. The Labute approximate surface area is 365 Å². The molecule has 0 atom stereocenters. The van der Waals surface area contributed by atoms with Crippen molar-refractivity contribution in [3.8, 4) is 56.3 Å². The van der Waals surface area contributed by atoms with E-state index >= 15 is 0 Å². The molecule has 12 aromatic rings. The van der Waals surface area contributed by atoms with Gasteiger partial charge in [0.2, 0.25) is 0 Å². The molecular weight excluding hydrogens is 765 g/mol. The van der Waals surface area contributed by atoms with Crippen LogP contribution in [0.2, 0.25) is 0 Å². The van der Waals surface area contributed by atoms with Gasteiger partial charge in [0.15, 0.2) is 5.82 Å². The van der Waals surface area contributed by atoms with Crippen LogP contribution in [0.3, 0.4) is 0 Å². The molecule has 0 saturated carbocycles. The average Bonchev–Trinajstić information content (AvgIpc) is 3.94. The first kappa shape index (κ1) is 35.7. The summed E-state index contributed by atoms with van der Waals surface area (Å²) in [5.41, 5.74) is 18.4. The molecule has 296 valence electrons. The van der Waals surface area contributed by atoms with Crippen molar-refractivity contribution >= 4 is 54.5 Å². The van der Waals surface area contributed by atoms with Crippen LogP contribution in [0, 0.1) is 0 Å². The molecular formula is C59H40N4. The van der Waals surface area contributed by atoms with E-state index in [2.05, 4.69) is 229 Å². The third-order valence-corrected chi connectivity index (χ3v) is 13.5. The molecule has 9 aromatic carbocycles. The summed E-state index contributed by atoms with van der Waals surface area (Å²) in [5.74, 6) is 0.714. The fourth-order valence-corrected chi connectivity index (χ4v) is 10.6. The zero-order valence-electron chi connectivity index (χ0n) is 34.9. The van der Waals surface area contributed by atoms with Crippen molar-refractivity contribution in [1.29, 1.82) is 0 Å². The van der Waals surface area contributed by atoms with Crippen LogP contribution in [0.5, 0.6) is 0 Å². The number of nitrogens with zero attached hydrogens (tertiary/aromatic N) is 4. The molecule has 4 heteroatoms. The highest BCUT2D eigenvalue weighted by Crippen LogP contribution is 2.52. The lowest BCUT2D eigenvalue weighted by Crippen LogP contribution is -2.14. The molecule has 0 aliphatic heterocycles. The molecule has 1 aliphatic rings. The SMILES string of the molecule is CC1(C)c2ccccc2-c2c(-c3nc(-c4ccc5c(c4)c4cc(-c6ccc7c(c6)c6ccccc6n7-c6ccccc6)ccc4n5-c4ccccc4)nc4ccccc34)cccc21. The lowest BCUT2D eigenvalue weighted by atomic mass is 9.82. The highest BCUT2D eigenvalue weighted by molar-refractivity contribution is 6.13. The molecule has 13 rings (SSSR count). The smallest absolute Gasteiger partial charge is 0.160 e. The van der Waals surface area contributed by atoms with E-state index in [9.17, 15) is 0 Å². The third kappa shape index (κ3) is 5.28. The molecule has 0 radical (unpaired) electrons. The molecule has 3 heterocycles. The molecule has 1 aliphatic carbocycles. The van der Waals surface area contributed by atoms with Gasteiger partial charge in [-0.1, -0.05) is 141 Å². The Balaban J connectivity index is 1.01. The molecule has 0 saturated heterocycles. The predicted molar refractivity (Wildman–Crippen MR) is 262 cm³/mol. The summed E-state index contributed by atoms with van der Waals surface area (Å²) in [7, 11) is 0. The van der Waals surface area contributed by atoms with Gasteiger partial charge in [-0.3, -0.25) is 0 Å². The number of fused-ring (bicyclic) bond motifs is 10. The van der Waals surface area contributed by atoms with Gasteiger partial charge in [-0.15, -0.1) is 0 Å². The predicted octanol–water partition coefficient (Wildman–Crippen LogP) is 15.1. The molecule has 0 N–H and O–H groups in total. The van der Waals surface area contributed by atoms with E-state index in [1.54, 1.807) is 0 Å². The highest BCUT2D eigenvalue weighted by atomic mass is 15.0. The minimum Gasteiger partial charge on any atom is -0.309 e. The minimum atomic E-state index is -0.114. The molecule has 0 unspecified atom stereocenters. The maximum Gasteiger partial charge on any atom is 0.160 e. The van der Waals surface area contributed by atoms with E-state index in [1.165, 1.54) is 60.6 Å². The van der Waals surface area contributed by atoms with Crippen LogP contribution in [-0.2, 0) is 5.41 Å². The number of rotatable bonds is 5. The van der Waals surface area contributed by atoms with Crippen molar-refractivity contribution in [3.05, 3.63) is 217 Å². The van der Waals surface area contributed by atoms with Crippen molar-refractivity contribution in [3.63, 3.8) is 0 Å². The molecule has 3 aromatic heterocycles. The van der Waals surface area contributed by atoms with Gasteiger partial charge in [-0.2, -0.15) is 0 Å². The topological polar surface area (TPSA) is 35.6 Å². The Morgan fingerprint density at radius 3 is 1.54 bits per heavy atom. The second kappa shape index (κ2) is 13.5. The van der Waals surface area contributed by atoms with Crippen LogP contribution in [0.25, 0.3) is 111 Å². The second-order valence-electron chi connectivity index (χ2n) is 17.4. The van der Waals surface area contributed by atoms with Crippen molar-refractivity contribution < 1.29 is 0 Å². The van der Waals surface area contributed by atoms with E-state index < -0.39 is 0 Å². The normalized spacial score (nSPS) is 13.0. The summed E-state index contributed by atoms with van der Waals surface area (Å²) in [6.07, 6.45) is 0. The molecule has 0 bridgehead atoms. The largest absolute Gasteiger partial charge is 0.309 e. The number of aromatic nitrogens is 4. The quantitative estimate of drug-likeness (QED) is 0.174. The standard InChI is InChI=1S/C59H40N4/c1-59(2)49-24-12-9-21-43(49)56-45(23-15-25-50(56)59)57-44-22-10-13-26-51(44)60-58(61-57)39-30-33-55-48(36-39)47-35-38(29-32-54(47)63(55)41-18-7-4-8-19-41)37-28-31-53-46(34-37)42-20-11-14-27-52(42)62(53)40-16-5-3-6-17-40/h3-36H,1-2H3. The number of hydrogen-bond acceptors (Lipinski definition) is 2. The van der Waals surface area contributed by atoms with Gasteiger partial charge in [0.25, 0.3) is 0 Å². The van der Waals surface area contributed by atoms with E-state index in [0.717, 1.165) is 55.5 Å². The summed E-state index contributed by atoms with van der Waals surface area (Å²) in [5, 5.41) is 5.87. The Bertz CT molecular complexity index is 3820. The summed E-state index contributed by atoms with van der Waals surface area (Å²) in [6.45, 7) is 4.67. The van der Waals surface area contributed by atoms with Crippen molar-refractivity contribution in [2.45, 2.75) is 19.3 Å². The van der Waals surface area contributed by atoms with E-state index in [4.69, 9.17) is 9.97 Å². The third-order valence-electron chi connectivity index (χ3n) is 13.5. The fraction of sp³-hybridized carbons (Fsp3) is 0.0508. The summed E-state index contributed by atoms with van der Waals surface area (Å²) in [4.78, 5) is 10.8. The van der Waals surface area contributed by atoms with Gasteiger partial charge in [0.1, 0.15) is 0 Å². The zero-order chi connectivity index (χ0) is 41.8. The van der Waals surface area contributed by atoms with Crippen LogP contribution in [-0.4, -0.2) is 19.1 Å². The van der Waals surface area contributed by atoms with Gasteiger partial charge >= 0.3 is 0 Å². The summed E-state index contributed by atoms with van der Waals surface area (Å²) >= 11 is 0. The number of benzene rings is 9. The van der Waals surface area contributed by atoms with Crippen molar-refractivity contribution in [2.75, 3.05) is 0 Å². The monoisotopic (exact) mass is 804 g/mol. The number of hydrogen-bond donors (Lipinski definition) is 0. The highest BCUT2D eigenvalue weighted by Gasteiger charge is 2.37. The molecule has 4 nitrogen and oxygen atoms in total. The van der Waals surface area contributed by atoms with Gasteiger partial charge in [0, 0.05) is 54.8 Å². The van der Waals surface area contributed by atoms with Gasteiger partial charge < -0.3 is 9.13 Å². The second-order valence-corrected chi connectivity index (χ2v) is 17.4. The first-order valence-corrected chi connectivity index (χ1v) is 21.7. The van der Waals surface area contributed by atoms with E-state index in [1.807, 2.05) is 0 Å². The fourth-order valence-electron chi connectivity index (χ4n) is 10.6. The first-order valence-electron chi connectivity index (χ1n) is 21.7. The van der Waals surface area contributed by atoms with E-state index in [-0.39, 0.29) is 5.41 Å². The summed E-state index contributed by atoms with van der Waals surface area (Å²) in [6, 6.07) is 74.7. The lowest BCUT2D eigenvalue weighted by molar-refractivity contribution is 0.660. The average molecular weight is 805 g/mol. The summed E-state index contributed by atoms with van der Waals surface area (Å²) < 4.78 is 4.76. The van der Waals surface area contributed by atoms with Crippen molar-refractivity contribution in [2.24, 2.45) is 0 Å². The Morgan fingerprint density at radius 1 is 0.365 bits per heavy atom. The molecule has 0 amide bonds. The van der Waals surface area contributed by atoms with Crippen molar-refractivity contribution in [1.82, 2.24) is 19.1 Å². The lowest BCUT2D eigenvalue weighted by Gasteiger charge is -2.21. The van der Waals surface area contributed by atoms with Gasteiger partial charge in [0.05, 0.1) is 33.3 Å². The number of para-hydroxylation sites is 4. The zero-order valence-corrected chi connectivity index (χ0v) is 34.9. The molecule has 0 fully saturated rings. The van der Waals surface area contributed by atoms with Gasteiger partial charge in [-0.05, 0) is 112 Å². The maximum atomic E-state index is 5.51. The van der Waals surface area contributed by atoms with Crippen LogP contribution < -0.4 is 0 Å². The molecule has 0 spiro atoms. The Morgan fingerprint density at radius 2 is 0.857 bits per heavy atom. The maximum absolute atomic E-state index is 5.51. The van der Waals surface area contributed by atoms with Crippen LogP contribution >= 0.6 is 0 Å². The van der Waals surface area contributed by atoms with Crippen LogP contribution in [0.4, 0.5) is 0 Å². The van der Waals surface area contributed by atoms with Gasteiger partial charge in [-0.25, -0.2) is 9.97 Å². The molecule has 63 heavy (non-hydrogen) atoms.